The van der Waals surface area contributed by atoms with E-state index in [0.717, 1.165) is 46.2 Å². The third-order valence-corrected chi connectivity index (χ3v) is 10.5. The first kappa shape index (κ1) is 32.5. The monoisotopic (exact) mass is 701 g/mol. The highest BCUT2D eigenvalue weighted by atomic mass is 35.5. The highest BCUT2D eigenvalue weighted by molar-refractivity contribution is 8.00. The molecule has 3 heterocycles. The number of ether oxygens (including phenoxy) is 1. The molecule has 47 heavy (non-hydrogen) atoms. The van der Waals surface area contributed by atoms with Gasteiger partial charge in [0.15, 0.2) is 0 Å². The summed E-state index contributed by atoms with van der Waals surface area (Å²) in [5.74, 6) is -4.38. The minimum Gasteiger partial charge on any atom is -0.462 e. The summed E-state index contributed by atoms with van der Waals surface area (Å²) in [6.07, 6.45) is -4.70. The summed E-state index contributed by atoms with van der Waals surface area (Å²) in [5, 5.41) is 2.30. The lowest BCUT2D eigenvalue weighted by Gasteiger charge is -2.30. The predicted octanol–water partition coefficient (Wildman–Crippen LogP) is 6.19. The van der Waals surface area contributed by atoms with Gasteiger partial charge in [-0.1, -0.05) is 52.9 Å². The number of nitrogens with zero attached hydrogens (tertiary/aromatic N) is 2. The van der Waals surface area contributed by atoms with Crippen molar-refractivity contribution in [3.8, 4) is 0 Å². The van der Waals surface area contributed by atoms with Gasteiger partial charge in [-0.05, 0) is 67.1 Å². The van der Waals surface area contributed by atoms with Gasteiger partial charge in [-0.3, -0.25) is 23.7 Å². The van der Waals surface area contributed by atoms with Crippen LogP contribution in [0.1, 0.15) is 39.2 Å². The second kappa shape index (κ2) is 12.7. The quantitative estimate of drug-likeness (QED) is 0.181. The fourth-order valence-electron chi connectivity index (χ4n) is 5.61. The average molecular weight is 702 g/mol. The topological polar surface area (TPSA) is 115 Å². The van der Waals surface area contributed by atoms with Crippen LogP contribution in [0.4, 0.5) is 24.5 Å². The molecule has 0 bridgehead atoms. The summed E-state index contributed by atoms with van der Waals surface area (Å²) in [6.45, 7) is 1.46. The number of fused-ring (bicyclic) bond motifs is 2. The number of nitrogens with one attached hydrogen (secondary N) is 1. The SMILES string of the molecule is CCOC(=O)c1ccc(NC(=O)Cn2c3c(sc2=O)[C@@H](c2ccc(Cl)cc2)[C@H]2C(=O)N(c4cccc(C(F)(F)F)c4)C(=O)[C@H]2S3)cc1. The van der Waals surface area contributed by atoms with Gasteiger partial charge in [0.05, 0.1) is 34.4 Å². The van der Waals surface area contributed by atoms with Gasteiger partial charge in [0.25, 0.3) is 0 Å². The van der Waals surface area contributed by atoms with Crippen LogP contribution in [0.3, 0.4) is 0 Å². The number of thioether (sulfide) groups is 1. The first-order chi connectivity index (χ1) is 22.4. The number of rotatable bonds is 7. The lowest BCUT2D eigenvalue weighted by Crippen LogP contribution is -2.33. The number of benzene rings is 3. The summed E-state index contributed by atoms with van der Waals surface area (Å²) in [4.78, 5) is 66.9. The highest BCUT2D eigenvalue weighted by Crippen LogP contribution is 2.54. The molecule has 6 rings (SSSR count). The molecule has 9 nitrogen and oxygen atoms in total. The second-order valence-electron chi connectivity index (χ2n) is 10.6. The lowest BCUT2D eigenvalue weighted by molar-refractivity contribution is -0.137. The van der Waals surface area contributed by atoms with Crippen molar-refractivity contribution in [3.05, 3.63) is 109 Å². The Labute approximate surface area is 278 Å². The van der Waals surface area contributed by atoms with E-state index in [1.54, 1.807) is 31.2 Å². The van der Waals surface area contributed by atoms with Crippen LogP contribution in [-0.2, 0) is 31.8 Å². The molecule has 3 amide bonds. The Balaban J connectivity index is 1.34. The number of aromatic nitrogens is 1. The third kappa shape index (κ3) is 6.20. The molecule has 0 unspecified atom stereocenters. The first-order valence-electron chi connectivity index (χ1n) is 14.1. The van der Waals surface area contributed by atoms with Gasteiger partial charge < -0.3 is 10.1 Å². The predicted molar refractivity (Wildman–Crippen MR) is 170 cm³/mol. The number of imide groups is 1. The van der Waals surface area contributed by atoms with Crippen LogP contribution in [0, 0.1) is 5.92 Å². The van der Waals surface area contributed by atoms with Gasteiger partial charge in [0, 0.05) is 21.5 Å². The molecule has 0 aliphatic carbocycles. The molecule has 4 aromatic rings. The first-order valence-corrected chi connectivity index (χ1v) is 16.2. The Morgan fingerprint density at radius 1 is 0.979 bits per heavy atom. The van der Waals surface area contributed by atoms with E-state index in [-0.39, 0.29) is 12.3 Å². The Morgan fingerprint density at radius 2 is 1.68 bits per heavy atom. The largest absolute Gasteiger partial charge is 0.462 e. The maximum atomic E-state index is 14.0. The van der Waals surface area contributed by atoms with Crippen LogP contribution in [0.15, 0.2) is 82.6 Å². The molecule has 2 aliphatic heterocycles. The Morgan fingerprint density at radius 3 is 2.34 bits per heavy atom. The van der Waals surface area contributed by atoms with Crippen molar-refractivity contribution >= 4 is 69.8 Å². The van der Waals surface area contributed by atoms with E-state index in [4.69, 9.17) is 16.3 Å². The molecular weight excluding hydrogens is 679 g/mol. The molecule has 1 saturated heterocycles. The fraction of sp³-hybridized carbons (Fsp3) is 0.219. The number of alkyl halides is 3. The van der Waals surface area contributed by atoms with Gasteiger partial charge >= 0.3 is 17.0 Å². The molecule has 0 spiro atoms. The normalized spacial score (nSPS) is 18.9. The summed E-state index contributed by atoms with van der Waals surface area (Å²) < 4.78 is 46.7. The number of amides is 3. The molecular formula is C32H23ClF3N3O6S2. The highest BCUT2D eigenvalue weighted by Gasteiger charge is 2.57. The minimum absolute atomic E-state index is 0.207. The van der Waals surface area contributed by atoms with Crippen LogP contribution in [0.2, 0.25) is 5.02 Å². The molecule has 3 aromatic carbocycles. The summed E-state index contributed by atoms with van der Waals surface area (Å²) in [5.41, 5.74) is -0.00412. The van der Waals surface area contributed by atoms with Crippen LogP contribution in [0.25, 0.3) is 0 Å². The molecule has 1 N–H and O–H groups in total. The van der Waals surface area contributed by atoms with E-state index in [0.29, 0.717) is 31.7 Å². The standard InChI is InChI=1S/C32H23ClF3N3O6S2/c1-2-45-30(43)17-8-12-20(13-9-17)37-22(40)15-38-29-26(47-31(38)44)23(16-6-10-19(33)11-7-16)24-25(46-29)28(42)39(27(24)41)21-5-3-4-18(14-21)32(34,35)36/h3-14,23-25H,2,15H2,1H3,(H,37,40)/t23-,24+,25-/m0/s1. The molecule has 0 saturated carbocycles. The molecule has 1 fully saturated rings. The fourth-order valence-corrected chi connectivity index (χ4v) is 8.51. The van der Waals surface area contributed by atoms with Crippen molar-refractivity contribution in [2.45, 2.75) is 35.8 Å². The number of hydrogen-bond donors (Lipinski definition) is 1. The molecule has 0 radical (unpaired) electrons. The summed E-state index contributed by atoms with van der Waals surface area (Å²) in [7, 11) is 0. The average Bonchev–Trinajstić information content (AvgIpc) is 3.47. The number of anilines is 2. The Hall–Kier alpha value is -4.40. The summed E-state index contributed by atoms with van der Waals surface area (Å²) in [6, 6.07) is 16.5. The van der Waals surface area contributed by atoms with E-state index in [1.807, 2.05) is 0 Å². The second-order valence-corrected chi connectivity index (χ2v) is 13.2. The maximum Gasteiger partial charge on any atom is 0.416 e. The van der Waals surface area contributed by atoms with Gasteiger partial charge in [-0.15, -0.1) is 0 Å². The van der Waals surface area contributed by atoms with E-state index < -0.39 is 63.9 Å². The van der Waals surface area contributed by atoms with Crippen molar-refractivity contribution in [2.24, 2.45) is 5.92 Å². The van der Waals surface area contributed by atoms with E-state index in [9.17, 15) is 37.1 Å². The Kier molecular flexibility index (Phi) is 8.76. The zero-order chi connectivity index (χ0) is 33.6. The number of esters is 1. The molecule has 3 atom stereocenters. The third-order valence-electron chi connectivity index (χ3n) is 7.69. The van der Waals surface area contributed by atoms with Crippen molar-refractivity contribution in [1.29, 1.82) is 0 Å². The maximum absolute atomic E-state index is 14.0. The number of carbonyl (C=O) groups is 4. The molecule has 242 valence electrons. The van der Waals surface area contributed by atoms with Crippen LogP contribution in [0.5, 0.6) is 0 Å². The number of carbonyl (C=O) groups excluding carboxylic acids is 4. The summed E-state index contributed by atoms with van der Waals surface area (Å²) >= 11 is 7.88. The van der Waals surface area contributed by atoms with Gasteiger partial charge in [0.1, 0.15) is 11.8 Å². The van der Waals surface area contributed by atoms with Gasteiger partial charge in [-0.2, -0.15) is 13.2 Å². The van der Waals surface area contributed by atoms with Crippen molar-refractivity contribution in [3.63, 3.8) is 0 Å². The van der Waals surface area contributed by atoms with Gasteiger partial charge in [-0.25, -0.2) is 9.69 Å². The van der Waals surface area contributed by atoms with Crippen LogP contribution < -0.4 is 15.1 Å². The smallest absolute Gasteiger partial charge is 0.416 e. The molecule has 15 heteroatoms. The minimum atomic E-state index is -4.70. The van der Waals surface area contributed by atoms with Crippen molar-refractivity contribution < 1.29 is 37.1 Å². The van der Waals surface area contributed by atoms with Crippen LogP contribution >= 0.6 is 34.7 Å². The van der Waals surface area contributed by atoms with Gasteiger partial charge in [0.2, 0.25) is 17.7 Å². The number of hydrogen-bond acceptors (Lipinski definition) is 8. The zero-order valence-electron chi connectivity index (χ0n) is 24.2. The Bertz CT molecular complexity index is 1960. The lowest BCUT2D eigenvalue weighted by atomic mass is 9.83. The van der Waals surface area contributed by atoms with E-state index in [2.05, 4.69) is 5.32 Å². The van der Waals surface area contributed by atoms with E-state index >= 15 is 0 Å². The van der Waals surface area contributed by atoms with Crippen molar-refractivity contribution in [2.75, 3.05) is 16.8 Å². The van der Waals surface area contributed by atoms with Crippen LogP contribution in [-0.4, -0.2) is 40.1 Å². The number of halogens is 4. The number of thiazole rings is 1. The van der Waals surface area contributed by atoms with E-state index in [1.165, 1.54) is 34.9 Å². The zero-order valence-corrected chi connectivity index (χ0v) is 26.6. The molecule has 2 aliphatic rings. The van der Waals surface area contributed by atoms with Crippen molar-refractivity contribution in [1.82, 2.24) is 4.57 Å². The molecule has 1 aromatic heterocycles.